The predicted octanol–water partition coefficient (Wildman–Crippen LogP) is 1.47. The summed E-state index contributed by atoms with van der Waals surface area (Å²) in [6, 6.07) is 0. The predicted molar refractivity (Wildman–Crippen MR) is 68.6 cm³/mol. The summed E-state index contributed by atoms with van der Waals surface area (Å²) in [6.45, 7) is 9.93. The molecule has 0 aromatic carbocycles. The molecule has 2 N–H and O–H groups in total. The zero-order valence-electron chi connectivity index (χ0n) is 10.9. The molecule has 1 fully saturated rings. The van der Waals surface area contributed by atoms with E-state index in [1.54, 1.807) is 0 Å². The molecule has 1 rings (SSSR count). The van der Waals surface area contributed by atoms with Crippen LogP contribution in [0.5, 0.6) is 0 Å². The summed E-state index contributed by atoms with van der Waals surface area (Å²) < 4.78 is 0. The van der Waals surface area contributed by atoms with Gasteiger partial charge in [-0.2, -0.15) is 0 Å². The Hall–Kier alpha value is -0.120. The van der Waals surface area contributed by atoms with Crippen LogP contribution in [0, 0.1) is 5.92 Å². The lowest BCUT2D eigenvalue weighted by atomic mass is 9.96. The molecule has 1 heterocycles. The number of rotatable bonds is 7. The number of nitrogens with one attached hydrogen (secondary N) is 1. The van der Waals surface area contributed by atoms with E-state index in [4.69, 9.17) is 0 Å². The lowest BCUT2D eigenvalue weighted by Crippen LogP contribution is -2.38. The number of piperidine rings is 1. The molecule has 0 radical (unpaired) electrons. The summed E-state index contributed by atoms with van der Waals surface area (Å²) in [6.07, 6.45) is 4.63. The van der Waals surface area contributed by atoms with E-state index in [1.807, 2.05) is 6.92 Å². The van der Waals surface area contributed by atoms with Gasteiger partial charge in [0.15, 0.2) is 0 Å². The fraction of sp³-hybridized carbons (Fsp3) is 1.00. The van der Waals surface area contributed by atoms with E-state index < -0.39 is 0 Å². The molecule has 0 bridgehead atoms. The molecule has 1 unspecified atom stereocenters. The molecule has 0 saturated carbocycles. The second-order valence-electron chi connectivity index (χ2n) is 5.13. The molecule has 1 aliphatic heterocycles. The molecule has 16 heavy (non-hydrogen) atoms. The molecule has 0 aromatic rings. The Morgan fingerprint density at radius 3 is 2.62 bits per heavy atom. The molecule has 3 nitrogen and oxygen atoms in total. The molecule has 3 heteroatoms. The first-order valence-corrected chi connectivity index (χ1v) is 6.83. The zero-order valence-corrected chi connectivity index (χ0v) is 10.9. The van der Waals surface area contributed by atoms with Crippen LogP contribution in [0.2, 0.25) is 0 Å². The fourth-order valence-electron chi connectivity index (χ4n) is 2.27. The highest BCUT2D eigenvalue weighted by molar-refractivity contribution is 4.74. The van der Waals surface area contributed by atoms with Crippen molar-refractivity contribution in [1.29, 1.82) is 0 Å². The van der Waals surface area contributed by atoms with Crippen LogP contribution < -0.4 is 5.32 Å². The lowest BCUT2D eigenvalue weighted by Gasteiger charge is -2.32. The first-order chi connectivity index (χ1) is 7.72. The van der Waals surface area contributed by atoms with E-state index in [2.05, 4.69) is 17.1 Å². The third kappa shape index (κ3) is 5.83. The van der Waals surface area contributed by atoms with Gasteiger partial charge in [-0.3, -0.25) is 0 Å². The number of aliphatic hydroxyl groups excluding tert-OH is 1. The average Bonchev–Trinajstić information content (AvgIpc) is 2.28. The minimum Gasteiger partial charge on any atom is -0.393 e. The van der Waals surface area contributed by atoms with Crippen LogP contribution in [0.1, 0.15) is 39.5 Å². The Balaban J connectivity index is 2.04. The van der Waals surface area contributed by atoms with Crippen LogP contribution in [-0.4, -0.2) is 48.8 Å². The monoisotopic (exact) mass is 228 g/mol. The molecule has 1 saturated heterocycles. The molecule has 1 atom stereocenters. The van der Waals surface area contributed by atoms with E-state index in [-0.39, 0.29) is 6.10 Å². The van der Waals surface area contributed by atoms with Crippen LogP contribution in [0.3, 0.4) is 0 Å². The maximum absolute atomic E-state index is 9.24. The quantitative estimate of drug-likeness (QED) is 0.648. The number of hydrogen-bond donors (Lipinski definition) is 2. The van der Waals surface area contributed by atoms with Gasteiger partial charge in [0, 0.05) is 6.54 Å². The van der Waals surface area contributed by atoms with Crippen molar-refractivity contribution < 1.29 is 5.11 Å². The summed E-state index contributed by atoms with van der Waals surface area (Å²) in [5.41, 5.74) is 0. The summed E-state index contributed by atoms with van der Waals surface area (Å²) in [4.78, 5) is 2.49. The molecular formula is C13H28N2O. The van der Waals surface area contributed by atoms with E-state index in [1.165, 1.54) is 38.9 Å². The van der Waals surface area contributed by atoms with Crippen LogP contribution in [0.15, 0.2) is 0 Å². The van der Waals surface area contributed by atoms with Gasteiger partial charge in [0.05, 0.1) is 6.10 Å². The largest absolute Gasteiger partial charge is 0.393 e. The van der Waals surface area contributed by atoms with Gasteiger partial charge < -0.3 is 15.3 Å². The molecular weight excluding hydrogens is 200 g/mol. The summed E-state index contributed by atoms with van der Waals surface area (Å²) >= 11 is 0. The van der Waals surface area contributed by atoms with Gasteiger partial charge in [-0.1, -0.05) is 6.92 Å². The second kappa shape index (κ2) is 8.04. The normalized spacial score (nSPS) is 21.2. The van der Waals surface area contributed by atoms with Gasteiger partial charge >= 0.3 is 0 Å². The fourth-order valence-corrected chi connectivity index (χ4v) is 2.27. The second-order valence-corrected chi connectivity index (χ2v) is 5.13. The molecule has 0 spiro atoms. The van der Waals surface area contributed by atoms with Gasteiger partial charge in [-0.15, -0.1) is 0 Å². The highest BCUT2D eigenvalue weighted by atomic mass is 16.3. The van der Waals surface area contributed by atoms with E-state index in [9.17, 15) is 5.11 Å². The topological polar surface area (TPSA) is 35.5 Å². The number of hydrogen-bond acceptors (Lipinski definition) is 3. The number of nitrogens with zero attached hydrogens (tertiary/aromatic N) is 1. The first-order valence-electron chi connectivity index (χ1n) is 6.83. The van der Waals surface area contributed by atoms with Crippen LogP contribution in [0.4, 0.5) is 0 Å². The first kappa shape index (κ1) is 13.9. The van der Waals surface area contributed by atoms with E-state index in [0.717, 1.165) is 25.4 Å². The maximum Gasteiger partial charge on any atom is 0.0524 e. The van der Waals surface area contributed by atoms with Crippen LogP contribution in [0.25, 0.3) is 0 Å². The van der Waals surface area contributed by atoms with Gasteiger partial charge in [-0.05, 0) is 64.7 Å². The molecule has 1 aliphatic rings. The zero-order chi connectivity index (χ0) is 11.8. The van der Waals surface area contributed by atoms with Crippen molar-refractivity contribution in [3.8, 4) is 0 Å². The molecule has 96 valence electrons. The third-order valence-corrected chi connectivity index (χ3v) is 3.43. The Labute approximate surface area is 100 Å². The van der Waals surface area contributed by atoms with Gasteiger partial charge in [0.1, 0.15) is 0 Å². The number of likely N-dealkylation sites (tertiary alicyclic amines) is 1. The number of aliphatic hydroxyl groups is 1. The van der Waals surface area contributed by atoms with Crippen molar-refractivity contribution in [3.05, 3.63) is 0 Å². The van der Waals surface area contributed by atoms with Gasteiger partial charge in [0.25, 0.3) is 0 Å². The van der Waals surface area contributed by atoms with E-state index in [0.29, 0.717) is 0 Å². The highest BCUT2D eigenvalue weighted by Gasteiger charge is 2.18. The molecule has 0 aromatic heterocycles. The maximum atomic E-state index is 9.24. The van der Waals surface area contributed by atoms with Gasteiger partial charge in [-0.25, -0.2) is 0 Å². The smallest absolute Gasteiger partial charge is 0.0524 e. The van der Waals surface area contributed by atoms with Gasteiger partial charge in [0.2, 0.25) is 0 Å². The minimum absolute atomic E-state index is 0.149. The SMILES string of the molecule is CCCNCC1CCN(CCC(C)O)CC1. The van der Waals surface area contributed by atoms with Crippen LogP contribution >= 0.6 is 0 Å². The minimum atomic E-state index is -0.149. The van der Waals surface area contributed by atoms with Crippen molar-refractivity contribution in [1.82, 2.24) is 10.2 Å². The van der Waals surface area contributed by atoms with Crippen molar-refractivity contribution in [3.63, 3.8) is 0 Å². The van der Waals surface area contributed by atoms with Crippen molar-refractivity contribution in [2.24, 2.45) is 5.92 Å². The standard InChI is InChI=1S/C13H28N2O/c1-3-7-14-11-13-5-9-15(10-6-13)8-4-12(2)16/h12-14,16H,3-11H2,1-2H3. The Morgan fingerprint density at radius 2 is 2.06 bits per heavy atom. The van der Waals surface area contributed by atoms with Crippen molar-refractivity contribution in [2.75, 3.05) is 32.7 Å². The molecule has 0 amide bonds. The van der Waals surface area contributed by atoms with Crippen molar-refractivity contribution >= 4 is 0 Å². The Kier molecular flexibility index (Phi) is 7.01. The summed E-state index contributed by atoms with van der Waals surface area (Å²) in [7, 11) is 0. The average molecular weight is 228 g/mol. The Morgan fingerprint density at radius 1 is 1.38 bits per heavy atom. The summed E-state index contributed by atoms with van der Waals surface area (Å²) in [5.74, 6) is 0.870. The van der Waals surface area contributed by atoms with Crippen LogP contribution in [-0.2, 0) is 0 Å². The third-order valence-electron chi connectivity index (χ3n) is 3.43. The molecule has 0 aliphatic carbocycles. The van der Waals surface area contributed by atoms with Crippen molar-refractivity contribution in [2.45, 2.75) is 45.6 Å². The lowest BCUT2D eigenvalue weighted by molar-refractivity contribution is 0.132. The Bertz CT molecular complexity index is 165. The highest BCUT2D eigenvalue weighted by Crippen LogP contribution is 2.16. The van der Waals surface area contributed by atoms with E-state index >= 15 is 0 Å². The summed E-state index contributed by atoms with van der Waals surface area (Å²) in [5, 5.41) is 12.8.